The van der Waals surface area contributed by atoms with Gasteiger partial charge in [-0.3, -0.25) is 9.59 Å². The molecule has 7 nitrogen and oxygen atoms in total. The molecule has 3 N–H and O–H groups in total. The molecule has 3 rings (SSSR count). The van der Waals surface area contributed by atoms with Crippen LogP contribution in [0.25, 0.3) is 0 Å². The predicted molar refractivity (Wildman–Crippen MR) is 121 cm³/mol. The molecule has 0 aliphatic heterocycles. The number of benzene rings is 2. The summed E-state index contributed by atoms with van der Waals surface area (Å²) in [7, 11) is -2.09. The smallest absolute Gasteiger partial charge is 0.251 e. The van der Waals surface area contributed by atoms with Gasteiger partial charge in [0.25, 0.3) is 11.8 Å². The van der Waals surface area contributed by atoms with Gasteiger partial charge in [-0.05, 0) is 59.8 Å². The topological polar surface area (TPSA) is 104 Å². The summed E-state index contributed by atoms with van der Waals surface area (Å²) in [6.45, 7) is 0.550. The lowest BCUT2D eigenvalue weighted by atomic mass is 10.1. The van der Waals surface area contributed by atoms with Crippen LogP contribution in [0.5, 0.6) is 0 Å². The number of thiophene rings is 1. The molecule has 3 aromatic rings. The Labute approximate surface area is 185 Å². The van der Waals surface area contributed by atoms with E-state index in [1.165, 1.54) is 24.3 Å². The Hall–Kier alpha value is -3.01. The highest BCUT2D eigenvalue weighted by atomic mass is 32.2. The monoisotopic (exact) mass is 457 g/mol. The van der Waals surface area contributed by atoms with Gasteiger partial charge in [0, 0.05) is 36.1 Å². The molecule has 9 heteroatoms. The van der Waals surface area contributed by atoms with Crippen molar-refractivity contribution in [2.24, 2.45) is 0 Å². The van der Waals surface area contributed by atoms with Crippen LogP contribution in [0.15, 0.2) is 70.9 Å². The van der Waals surface area contributed by atoms with Gasteiger partial charge in [-0.25, -0.2) is 13.1 Å². The van der Waals surface area contributed by atoms with E-state index in [1.54, 1.807) is 36.6 Å². The van der Waals surface area contributed by atoms with Crippen LogP contribution in [-0.4, -0.2) is 33.8 Å². The number of rotatable bonds is 9. The molecule has 0 unspecified atom stereocenters. The van der Waals surface area contributed by atoms with Crippen molar-refractivity contribution in [2.75, 3.05) is 13.6 Å². The lowest BCUT2D eigenvalue weighted by Crippen LogP contribution is -2.26. The second kappa shape index (κ2) is 10.3. The normalized spacial score (nSPS) is 11.1. The minimum atomic E-state index is -3.64. The average molecular weight is 458 g/mol. The highest BCUT2D eigenvalue weighted by Gasteiger charge is 2.15. The van der Waals surface area contributed by atoms with Crippen molar-refractivity contribution in [1.29, 1.82) is 0 Å². The fraction of sp³-hybridized carbons (Fsp3) is 0.182. The molecule has 1 aromatic heterocycles. The van der Waals surface area contributed by atoms with Crippen molar-refractivity contribution in [3.05, 3.63) is 87.6 Å². The molecular formula is C22H23N3O4S2. The Morgan fingerprint density at radius 3 is 2.39 bits per heavy atom. The first-order valence-corrected chi connectivity index (χ1v) is 12.0. The third kappa shape index (κ3) is 6.24. The Morgan fingerprint density at radius 2 is 1.71 bits per heavy atom. The molecule has 0 aliphatic carbocycles. The van der Waals surface area contributed by atoms with Crippen molar-refractivity contribution in [2.45, 2.75) is 17.9 Å². The molecule has 0 atom stereocenters. The molecular weight excluding hydrogens is 434 g/mol. The molecule has 0 fully saturated rings. The maximum atomic E-state index is 12.4. The number of nitrogens with one attached hydrogen (secondary N) is 3. The molecule has 2 aromatic carbocycles. The van der Waals surface area contributed by atoms with Crippen molar-refractivity contribution in [3.8, 4) is 0 Å². The minimum Gasteiger partial charge on any atom is -0.355 e. The van der Waals surface area contributed by atoms with E-state index in [-0.39, 0.29) is 23.3 Å². The van der Waals surface area contributed by atoms with Crippen LogP contribution in [0, 0.1) is 0 Å². The van der Waals surface area contributed by atoms with Crippen LogP contribution >= 0.6 is 11.3 Å². The molecule has 0 bridgehead atoms. The Bertz CT molecular complexity index is 1140. The molecule has 2 amide bonds. The third-order valence-electron chi connectivity index (χ3n) is 4.54. The van der Waals surface area contributed by atoms with Gasteiger partial charge in [-0.1, -0.05) is 18.2 Å². The van der Waals surface area contributed by atoms with Crippen LogP contribution in [0.4, 0.5) is 0 Å². The summed E-state index contributed by atoms with van der Waals surface area (Å²) in [6.07, 6.45) is 0.624. The predicted octanol–water partition coefficient (Wildman–Crippen LogP) is 2.56. The van der Waals surface area contributed by atoms with E-state index in [1.807, 2.05) is 23.6 Å². The zero-order valence-electron chi connectivity index (χ0n) is 16.9. The molecule has 0 radical (unpaired) electrons. The second-order valence-electron chi connectivity index (χ2n) is 6.71. The van der Waals surface area contributed by atoms with Gasteiger partial charge in [-0.15, -0.1) is 11.3 Å². The summed E-state index contributed by atoms with van der Waals surface area (Å²) in [4.78, 5) is 25.3. The number of amides is 2. The molecule has 0 saturated carbocycles. The van der Waals surface area contributed by atoms with Gasteiger partial charge in [0.2, 0.25) is 10.0 Å². The van der Waals surface area contributed by atoms with Crippen LogP contribution < -0.4 is 15.4 Å². The van der Waals surface area contributed by atoms with Gasteiger partial charge in [0.05, 0.1) is 4.90 Å². The second-order valence-corrected chi connectivity index (χ2v) is 9.51. The average Bonchev–Trinajstić information content (AvgIpc) is 3.30. The lowest BCUT2D eigenvalue weighted by molar-refractivity contribution is 0.0948. The van der Waals surface area contributed by atoms with Crippen LogP contribution in [0.2, 0.25) is 0 Å². The van der Waals surface area contributed by atoms with E-state index in [0.717, 1.165) is 10.4 Å². The summed E-state index contributed by atoms with van der Waals surface area (Å²) in [6, 6.07) is 16.6. The standard InChI is InChI=1S/C22H23N3O4S2/c1-23-21(26)18-5-2-4-16(14-18)15-24-22(27)17-7-9-20(10-8-17)31(28,29)25-12-11-19-6-3-13-30-19/h2-10,13-14,25H,11-12,15H2,1H3,(H,23,26)(H,24,27). The SMILES string of the molecule is CNC(=O)c1cccc(CNC(=O)c2ccc(S(=O)(=O)NCCc3cccs3)cc2)c1. The van der Waals surface area contributed by atoms with E-state index >= 15 is 0 Å². The van der Waals surface area contributed by atoms with Crippen molar-refractivity contribution in [1.82, 2.24) is 15.4 Å². The minimum absolute atomic E-state index is 0.105. The fourth-order valence-corrected chi connectivity index (χ4v) is 4.62. The van der Waals surface area contributed by atoms with Gasteiger partial charge in [-0.2, -0.15) is 0 Å². The fourth-order valence-electron chi connectivity index (χ4n) is 2.88. The summed E-state index contributed by atoms with van der Waals surface area (Å²) in [5.41, 5.74) is 1.64. The molecule has 0 aliphatic rings. The summed E-state index contributed by atoms with van der Waals surface area (Å²) in [5.74, 6) is -0.533. The van der Waals surface area contributed by atoms with Gasteiger partial charge >= 0.3 is 0 Å². The van der Waals surface area contributed by atoms with Crippen molar-refractivity contribution in [3.63, 3.8) is 0 Å². The highest BCUT2D eigenvalue weighted by molar-refractivity contribution is 7.89. The molecule has 162 valence electrons. The zero-order valence-corrected chi connectivity index (χ0v) is 18.6. The number of hydrogen-bond acceptors (Lipinski definition) is 5. The van der Waals surface area contributed by atoms with Crippen LogP contribution in [0.1, 0.15) is 31.2 Å². The largest absolute Gasteiger partial charge is 0.355 e. The quantitative estimate of drug-likeness (QED) is 0.459. The summed E-state index contributed by atoms with van der Waals surface area (Å²) >= 11 is 1.58. The highest BCUT2D eigenvalue weighted by Crippen LogP contribution is 2.13. The van der Waals surface area contributed by atoms with Crippen molar-refractivity contribution < 1.29 is 18.0 Å². The molecule has 31 heavy (non-hydrogen) atoms. The number of sulfonamides is 1. The maximum Gasteiger partial charge on any atom is 0.251 e. The molecule has 1 heterocycles. The number of carbonyl (C=O) groups excluding carboxylic acids is 2. The molecule has 0 spiro atoms. The lowest BCUT2D eigenvalue weighted by Gasteiger charge is -2.09. The van der Waals surface area contributed by atoms with E-state index in [4.69, 9.17) is 0 Å². The molecule has 0 saturated heterocycles. The van der Waals surface area contributed by atoms with E-state index in [9.17, 15) is 18.0 Å². The first-order chi connectivity index (χ1) is 14.9. The summed E-state index contributed by atoms with van der Waals surface area (Å²) in [5, 5.41) is 7.28. The van der Waals surface area contributed by atoms with Gasteiger partial charge in [0.15, 0.2) is 0 Å². The summed E-state index contributed by atoms with van der Waals surface area (Å²) < 4.78 is 27.4. The number of hydrogen-bond donors (Lipinski definition) is 3. The Morgan fingerprint density at radius 1 is 0.935 bits per heavy atom. The third-order valence-corrected chi connectivity index (χ3v) is 6.95. The van der Waals surface area contributed by atoms with Crippen molar-refractivity contribution >= 4 is 33.2 Å². The maximum absolute atomic E-state index is 12.4. The first kappa shape index (κ1) is 22.7. The van der Waals surface area contributed by atoms with Gasteiger partial charge in [0.1, 0.15) is 0 Å². The van der Waals surface area contributed by atoms with E-state index in [2.05, 4.69) is 15.4 Å². The van der Waals surface area contributed by atoms with Crippen LogP contribution in [-0.2, 0) is 23.0 Å². The van der Waals surface area contributed by atoms with E-state index < -0.39 is 10.0 Å². The number of carbonyl (C=O) groups is 2. The first-order valence-electron chi connectivity index (χ1n) is 9.60. The van der Waals surface area contributed by atoms with Gasteiger partial charge < -0.3 is 10.6 Å². The van der Waals surface area contributed by atoms with Crippen LogP contribution in [0.3, 0.4) is 0 Å². The van der Waals surface area contributed by atoms with E-state index in [0.29, 0.717) is 24.1 Å². The Kier molecular flexibility index (Phi) is 7.56. The zero-order chi connectivity index (χ0) is 22.3. The Balaban J connectivity index is 1.56.